The maximum absolute atomic E-state index is 12.0. The zero-order valence-electron chi connectivity index (χ0n) is 14.5. The highest BCUT2D eigenvalue weighted by molar-refractivity contribution is 6.01. The number of carbonyl (C=O) groups is 2. The number of nitrogens with two attached hydrogens (primary N) is 1. The minimum Gasteiger partial charge on any atom is -0.497 e. The van der Waals surface area contributed by atoms with Gasteiger partial charge in [0.1, 0.15) is 5.75 Å². The summed E-state index contributed by atoms with van der Waals surface area (Å²) in [6.07, 6.45) is 0.846. The Bertz CT molecular complexity index is 586. The number of hydrogen-bond acceptors (Lipinski definition) is 5. The predicted octanol–water partition coefficient (Wildman–Crippen LogP) is 1.40. The van der Waals surface area contributed by atoms with Crippen LogP contribution in [-0.2, 0) is 4.79 Å². The van der Waals surface area contributed by atoms with E-state index in [0.29, 0.717) is 11.4 Å². The molecule has 1 aromatic rings. The first-order chi connectivity index (χ1) is 11.3. The first-order valence-corrected chi connectivity index (χ1v) is 8.03. The van der Waals surface area contributed by atoms with Crippen LogP contribution in [0.1, 0.15) is 20.3 Å². The normalized spacial score (nSPS) is 20.2. The molecule has 1 unspecified atom stereocenters. The lowest BCUT2D eigenvalue weighted by molar-refractivity contribution is -0.121. The van der Waals surface area contributed by atoms with Crippen molar-refractivity contribution in [2.45, 2.75) is 26.3 Å². The van der Waals surface area contributed by atoms with Gasteiger partial charge in [0.15, 0.2) is 0 Å². The SMILES string of the molecule is COc1ccc(NC(=O)NC(=O)CN2CCC(N)C(C)(C)C2)cc1. The average molecular weight is 334 g/mol. The third-order valence-corrected chi connectivity index (χ3v) is 4.36. The molecule has 1 fully saturated rings. The second-order valence-corrected chi connectivity index (χ2v) is 6.83. The standard InChI is InChI=1S/C17H26N4O3/c1-17(2)11-21(9-8-14(17)18)10-15(22)20-16(23)19-12-4-6-13(24-3)7-5-12/h4-7,14H,8-11,18H2,1-3H3,(H2,19,20,22,23). The number of rotatable bonds is 4. The fourth-order valence-electron chi connectivity index (χ4n) is 2.83. The molecule has 132 valence electrons. The molecule has 1 atom stereocenters. The van der Waals surface area contributed by atoms with Gasteiger partial charge >= 0.3 is 6.03 Å². The Balaban J connectivity index is 1.80. The number of methoxy groups -OCH3 is 1. The number of amides is 3. The molecular weight excluding hydrogens is 308 g/mol. The van der Waals surface area contributed by atoms with E-state index in [2.05, 4.69) is 24.5 Å². The van der Waals surface area contributed by atoms with Crippen LogP contribution in [0.5, 0.6) is 5.75 Å². The van der Waals surface area contributed by atoms with E-state index in [0.717, 1.165) is 19.5 Å². The summed E-state index contributed by atoms with van der Waals surface area (Å²) in [5.74, 6) is 0.371. The van der Waals surface area contributed by atoms with E-state index in [9.17, 15) is 9.59 Å². The van der Waals surface area contributed by atoms with Crippen LogP contribution in [-0.4, -0.2) is 49.6 Å². The molecule has 2 rings (SSSR count). The minimum atomic E-state index is -0.543. The first kappa shape index (κ1) is 18.2. The zero-order valence-corrected chi connectivity index (χ0v) is 14.5. The molecule has 7 heteroatoms. The topological polar surface area (TPSA) is 96.7 Å². The lowest BCUT2D eigenvalue weighted by Crippen LogP contribution is -2.54. The van der Waals surface area contributed by atoms with Gasteiger partial charge in [-0.1, -0.05) is 13.8 Å². The maximum atomic E-state index is 12.0. The highest BCUT2D eigenvalue weighted by Gasteiger charge is 2.33. The lowest BCUT2D eigenvalue weighted by Gasteiger charge is -2.42. The van der Waals surface area contributed by atoms with Gasteiger partial charge in [-0.25, -0.2) is 4.79 Å². The number of urea groups is 1. The number of nitrogens with one attached hydrogen (secondary N) is 2. The van der Waals surface area contributed by atoms with Crippen molar-refractivity contribution in [3.8, 4) is 5.75 Å². The van der Waals surface area contributed by atoms with Gasteiger partial charge in [0, 0.05) is 24.8 Å². The minimum absolute atomic E-state index is 0.0378. The summed E-state index contributed by atoms with van der Waals surface area (Å²) < 4.78 is 5.05. The van der Waals surface area contributed by atoms with Crippen molar-refractivity contribution in [1.82, 2.24) is 10.2 Å². The van der Waals surface area contributed by atoms with Crippen LogP contribution < -0.4 is 21.1 Å². The van der Waals surface area contributed by atoms with E-state index < -0.39 is 6.03 Å². The van der Waals surface area contributed by atoms with E-state index in [-0.39, 0.29) is 23.9 Å². The lowest BCUT2D eigenvalue weighted by atomic mass is 9.80. The number of imide groups is 1. The number of hydrogen-bond donors (Lipinski definition) is 3. The molecule has 1 aliphatic rings. The van der Waals surface area contributed by atoms with Crippen molar-refractivity contribution in [1.29, 1.82) is 0 Å². The van der Waals surface area contributed by atoms with Crippen LogP contribution in [0.15, 0.2) is 24.3 Å². The van der Waals surface area contributed by atoms with Gasteiger partial charge in [0.2, 0.25) is 5.91 Å². The zero-order chi connectivity index (χ0) is 17.7. The van der Waals surface area contributed by atoms with Crippen LogP contribution in [0.2, 0.25) is 0 Å². The molecule has 1 heterocycles. The summed E-state index contributed by atoms with van der Waals surface area (Å²) in [6.45, 7) is 5.88. The largest absolute Gasteiger partial charge is 0.497 e. The number of carbonyl (C=O) groups excluding carboxylic acids is 2. The van der Waals surface area contributed by atoms with E-state index in [4.69, 9.17) is 10.5 Å². The van der Waals surface area contributed by atoms with Gasteiger partial charge < -0.3 is 15.8 Å². The highest BCUT2D eigenvalue weighted by Crippen LogP contribution is 2.27. The molecule has 1 aromatic carbocycles. The Hall–Kier alpha value is -2.12. The molecule has 0 bridgehead atoms. The van der Waals surface area contributed by atoms with Gasteiger partial charge in [-0.3, -0.25) is 15.0 Å². The van der Waals surface area contributed by atoms with Crippen molar-refractivity contribution in [2.75, 3.05) is 32.1 Å². The van der Waals surface area contributed by atoms with Crippen molar-refractivity contribution in [3.63, 3.8) is 0 Å². The molecule has 24 heavy (non-hydrogen) atoms. The van der Waals surface area contributed by atoms with Crippen molar-refractivity contribution < 1.29 is 14.3 Å². The summed E-state index contributed by atoms with van der Waals surface area (Å²) >= 11 is 0. The van der Waals surface area contributed by atoms with E-state index in [1.165, 1.54) is 0 Å². The highest BCUT2D eigenvalue weighted by atomic mass is 16.5. The Morgan fingerprint density at radius 2 is 2.00 bits per heavy atom. The van der Waals surface area contributed by atoms with E-state index >= 15 is 0 Å². The van der Waals surface area contributed by atoms with Crippen LogP contribution in [0.25, 0.3) is 0 Å². The number of anilines is 1. The Morgan fingerprint density at radius 1 is 1.33 bits per heavy atom. The second kappa shape index (κ2) is 7.63. The number of nitrogens with zero attached hydrogens (tertiary/aromatic N) is 1. The summed E-state index contributed by atoms with van der Waals surface area (Å²) in [6, 6.07) is 6.47. The van der Waals surface area contributed by atoms with Gasteiger partial charge in [0.25, 0.3) is 0 Å². The van der Waals surface area contributed by atoms with Crippen LogP contribution >= 0.6 is 0 Å². The summed E-state index contributed by atoms with van der Waals surface area (Å²) in [7, 11) is 1.57. The second-order valence-electron chi connectivity index (χ2n) is 6.83. The smallest absolute Gasteiger partial charge is 0.325 e. The number of ether oxygens (including phenoxy) is 1. The van der Waals surface area contributed by atoms with Gasteiger partial charge in [-0.05, 0) is 36.1 Å². The molecule has 0 radical (unpaired) electrons. The Morgan fingerprint density at radius 3 is 2.58 bits per heavy atom. The summed E-state index contributed by atoms with van der Waals surface area (Å²) in [5, 5.41) is 4.97. The number of benzene rings is 1. The molecule has 0 saturated carbocycles. The van der Waals surface area contributed by atoms with Gasteiger partial charge in [-0.15, -0.1) is 0 Å². The van der Waals surface area contributed by atoms with Gasteiger partial charge in [-0.2, -0.15) is 0 Å². The number of piperidine rings is 1. The van der Waals surface area contributed by atoms with Crippen LogP contribution in [0, 0.1) is 5.41 Å². The third kappa shape index (κ3) is 4.94. The first-order valence-electron chi connectivity index (χ1n) is 8.03. The summed E-state index contributed by atoms with van der Waals surface area (Å²) in [5.41, 5.74) is 6.64. The fraction of sp³-hybridized carbons (Fsp3) is 0.529. The van der Waals surface area contributed by atoms with Crippen LogP contribution in [0.4, 0.5) is 10.5 Å². The van der Waals surface area contributed by atoms with E-state index in [1.807, 2.05) is 4.90 Å². The average Bonchev–Trinajstić information content (AvgIpc) is 2.51. The quantitative estimate of drug-likeness (QED) is 0.773. The van der Waals surface area contributed by atoms with Crippen molar-refractivity contribution in [2.24, 2.45) is 11.1 Å². The van der Waals surface area contributed by atoms with Crippen LogP contribution in [0.3, 0.4) is 0 Å². The molecule has 0 aromatic heterocycles. The molecule has 1 aliphatic heterocycles. The molecule has 0 spiro atoms. The molecule has 0 aliphatic carbocycles. The molecule has 1 saturated heterocycles. The van der Waals surface area contributed by atoms with Crippen molar-refractivity contribution in [3.05, 3.63) is 24.3 Å². The molecular formula is C17H26N4O3. The molecule has 7 nitrogen and oxygen atoms in total. The monoisotopic (exact) mass is 334 g/mol. The fourth-order valence-corrected chi connectivity index (χ4v) is 2.83. The number of likely N-dealkylation sites (tertiary alicyclic amines) is 1. The van der Waals surface area contributed by atoms with E-state index in [1.54, 1.807) is 31.4 Å². The summed E-state index contributed by atoms with van der Waals surface area (Å²) in [4.78, 5) is 26.0. The Kier molecular flexibility index (Phi) is 5.80. The third-order valence-electron chi connectivity index (χ3n) is 4.36. The molecule has 4 N–H and O–H groups in total. The predicted molar refractivity (Wildman–Crippen MR) is 93.0 cm³/mol. The van der Waals surface area contributed by atoms with Gasteiger partial charge in [0.05, 0.1) is 13.7 Å². The maximum Gasteiger partial charge on any atom is 0.325 e. The Labute approximate surface area is 142 Å². The van der Waals surface area contributed by atoms with Crippen molar-refractivity contribution >= 4 is 17.6 Å². The molecule has 3 amide bonds.